The SMILES string of the molecule is CC1CCC(NC(=O)N[C@H](CCCC(=O)O)C(=O)O)CC1. The van der Waals surface area contributed by atoms with E-state index in [0.29, 0.717) is 5.92 Å². The number of carbonyl (C=O) groups excluding carboxylic acids is 1. The van der Waals surface area contributed by atoms with Crippen LogP contribution in [0.5, 0.6) is 0 Å². The Labute approximate surface area is 124 Å². The Morgan fingerprint density at radius 2 is 1.76 bits per heavy atom. The average molecular weight is 300 g/mol. The molecule has 1 aliphatic rings. The van der Waals surface area contributed by atoms with Gasteiger partial charge in [-0.25, -0.2) is 9.59 Å². The zero-order valence-electron chi connectivity index (χ0n) is 12.3. The first-order chi connectivity index (χ1) is 9.88. The summed E-state index contributed by atoms with van der Waals surface area (Å²) >= 11 is 0. The average Bonchev–Trinajstić information content (AvgIpc) is 2.39. The van der Waals surface area contributed by atoms with Gasteiger partial charge >= 0.3 is 18.0 Å². The van der Waals surface area contributed by atoms with Gasteiger partial charge < -0.3 is 20.8 Å². The van der Waals surface area contributed by atoms with Crippen LogP contribution in [-0.4, -0.2) is 40.3 Å². The smallest absolute Gasteiger partial charge is 0.326 e. The second kappa shape index (κ2) is 8.49. The van der Waals surface area contributed by atoms with E-state index in [1.807, 2.05) is 0 Å². The topological polar surface area (TPSA) is 116 Å². The van der Waals surface area contributed by atoms with Crippen molar-refractivity contribution in [2.45, 2.75) is 64.0 Å². The van der Waals surface area contributed by atoms with E-state index < -0.39 is 24.0 Å². The van der Waals surface area contributed by atoms with Gasteiger partial charge in [0.15, 0.2) is 0 Å². The molecule has 1 saturated carbocycles. The van der Waals surface area contributed by atoms with Crippen LogP contribution in [0.25, 0.3) is 0 Å². The minimum absolute atomic E-state index is 0.0923. The van der Waals surface area contributed by atoms with Gasteiger partial charge in [0.05, 0.1) is 0 Å². The summed E-state index contributed by atoms with van der Waals surface area (Å²) in [5.74, 6) is -1.44. The maximum Gasteiger partial charge on any atom is 0.326 e. The van der Waals surface area contributed by atoms with E-state index in [1.165, 1.54) is 0 Å². The summed E-state index contributed by atoms with van der Waals surface area (Å²) in [4.78, 5) is 33.3. The molecule has 0 heterocycles. The number of carboxylic acid groups (broad SMARTS) is 2. The molecule has 21 heavy (non-hydrogen) atoms. The molecule has 0 aromatic heterocycles. The molecule has 0 aliphatic heterocycles. The Kier molecular flexibility index (Phi) is 6.98. The molecule has 0 saturated heterocycles. The van der Waals surface area contributed by atoms with Crippen LogP contribution in [0.1, 0.15) is 51.9 Å². The molecular formula is C14H24N2O5. The maximum atomic E-state index is 11.8. The Morgan fingerprint density at radius 3 is 2.29 bits per heavy atom. The van der Waals surface area contributed by atoms with Gasteiger partial charge in [-0.2, -0.15) is 0 Å². The van der Waals surface area contributed by atoms with Gasteiger partial charge in [0, 0.05) is 12.5 Å². The van der Waals surface area contributed by atoms with Crippen molar-refractivity contribution in [2.24, 2.45) is 5.92 Å². The Bertz CT molecular complexity index is 378. The summed E-state index contributed by atoms with van der Waals surface area (Å²) in [5.41, 5.74) is 0. The fourth-order valence-electron chi connectivity index (χ4n) is 2.50. The van der Waals surface area contributed by atoms with Crippen LogP contribution in [0.3, 0.4) is 0 Å². The summed E-state index contributed by atoms with van der Waals surface area (Å²) in [6.45, 7) is 2.18. The summed E-state index contributed by atoms with van der Waals surface area (Å²) in [7, 11) is 0. The quantitative estimate of drug-likeness (QED) is 0.569. The third-order valence-corrected chi connectivity index (χ3v) is 3.84. The lowest BCUT2D eigenvalue weighted by molar-refractivity contribution is -0.140. The summed E-state index contributed by atoms with van der Waals surface area (Å²) < 4.78 is 0. The van der Waals surface area contributed by atoms with E-state index in [9.17, 15) is 14.4 Å². The van der Waals surface area contributed by atoms with E-state index in [1.54, 1.807) is 0 Å². The number of urea groups is 1. The molecule has 1 rings (SSSR count). The van der Waals surface area contributed by atoms with E-state index in [0.717, 1.165) is 25.7 Å². The zero-order chi connectivity index (χ0) is 15.8. The van der Waals surface area contributed by atoms with Crippen molar-refractivity contribution in [2.75, 3.05) is 0 Å². The van der Waals surface area contributed by atoms with Crippen LogP contribution in [-0.2, 0) is 9.59 Å². The van der Waals surface area contributed by atoms with Crippen LogP contribution in [0, 0.1) is 5.92 Å². The summed E-state index contributed by atoms with van der Waals surface area (Å²) in [6.07, 6.45) is 4.16. The molecule has 7 nitrogen and oxygen atoms in total. The van der Waals surface area contributed by atoms with Crippen molar-refractivity contribution in [3.8, 4) is 0 Å². The number of aliphatic carboxylic acids is 2. The molecule has 7 heteroatoms. The van der Waals surface area contributed by atoms with E-state index in [-0.39, 0.29) is 25.3 Å². The molecule has 0 bridgehead atoms. The van der Waals surface area contributed by atoms with Crippen LogP contribution >= 0.6 is 0 Å². The minimum Gasteiger partial charge on any atom is -0.481 e. The lowest BCUT2D eigenvalue weighted by Crippen LogP contribution is -2.49. The van der Waals surface area contributed by atoms with Crippen LogP contribution in [0.4, 0.5) is 4.79 Å². The molecule has 2 amide bonds. The number of rotatable bonds is 7. The lowest BCUT2D eigenvalue weighted by Gasteiger charge is -2.27. The normalized spacial score (nSPS) is 23.1. The van der Waals surface area contributed by atoms with Gasteiger partial charge in [0.1, 0.15) is 6.04 Å². The highest BCUT2D eigenvalue weighted by Gasteiger charge is 2.23. The van der Waals surface area contributed by atoms with Gasteiger partial charge in [-0.3, -0.25) is 4.79 Å². The molecule has 0 spiro atoms. The highest BCUT2D eigenvalue weighted by Crippen LogP contribution is 2.23. The van der Waals surface area contributed by atoms with Crippen molar-refractivity contribution in [1.29, 1.82) is 0 Å². The Balaban J connectivity index is 2.34. The van der Waals surface area contributed by atoms with E-state index in [4.69, 9.17) is 10.2 Å². The summed E-state index contributed by atoms with van der Waals surface area (Å²) in [5, 5.41) is 22.8. The zero-order valence-corrected chi connectivity index (χ0v) is 12.3. The molecular weight excluding hydrogens is 276 g/mol. The van der Waals surface area contributed by atoms with Gasteiger partial charge in [-0.15, -0.1) is 0 Å². The van der Waals surface area contributed by atoms with Crippen LogP contribution in [0.15, 0.2) is 0 Å². The molecule has 1 aliphatic carbocycles. The predicted octanol–water partition coefficient (Wildman–Crippen LogP) is 1.57. The number of amides is 2. The standard InChI is InChI=1S/C14H24N2O5/c1-9-5-7-10(8-6-9)15-14(21)16-11(13(19)20)3-2-4-12(17)18/h9-11H,2-8H2,1H3,(H,17,18)(H,19,20)(H2,15,16,21)/t9?,10?,11-/m1/s1. The second-order valence-corrected chi connectivity index (χ2v) is 5.75. The number of nitrogens with one attached hydrogen (secondary N) is 2. The van der Waals surface area contributed by atoms with Gasteiger partial charge in [-0.1, -0.05) is 6.92 Å². The molecule has 0 unspecified atom stereocenters. The molecule has 1 atom stereocenters. The van der Waals surface area contributed by atoms with Crippen molar-refractivity contribution in [1.82, 2.24) is 10.6 Å². The molecule has 0 radical (unpaired) electrons. The number of hydrogen-bond donors (Lipinski definition) is 4. The van der Waals surface area contributed by atoms with E-state index in [2.05, 4.69) is 17.6 Å². The van der Waals surface area contributed by atoms with Gasteiger partial charge in [0.2, 0.25) is 0 Å². The van der Waals surface area contributed by atoms with Crippen LogP contribution < -0.4 is 10.6 Å². The first-order valence-corrected chi connectivity index (χ1v) is 7.40. The molecule has 1 fully saturated rings. The fourth-order valence-corrected chi connectivity index (χ4v) is 2.50. The predicted molar refractivity (Wildman–Crippen MR) is 76.0 cm³/mol. The van der Waals surface area contributed by atoms with Gasteiger partial charge in [-0.05, 0) is 44.4 Å². The fraction of sp³-hybridized carbons (Fsp3) is 0.786. The van der Waals surface area contributed by atoms with Crippen molar-refractivity contribution >= 4 is 18.0 Å². The highest BCUT2D eigenvalue weighted by molar-refractivity contribution is 5.82. The lowest BCUT2D eigenvalue weighted by atomic mass is 9.87. The van der Waals surface area contributed by atoms with Crippen LogP contribution in [0.2, 0.25) is 0 Å². The van der Waals surface area contributed by atoms with Crippen molar-refractivity contribution in [3.05, 3.63) is 0 Å². The van der Waals surface area contributed by atoms with Crippen molar-refractivity contribution < 1.29 is 24.6 Å². The monoisotopic (exact) mass is 300 g/mol. The maximum absolute atomic E-state index is 11.8. The second-order valence-electron chi connectivity index (χ2n) is 5.75. The number of hydrogen-bond acceptors (Lipinski definition) is 3. The molecule has 0 aromatic carbocycles. The minimum atomic E-state index is -1.15. The first kappa shape index (κ1) is 17.3. The molecule has 0 aromatic rings. The van der Waals surface area contributed by atoms with E-state index >= 15 is 0 Å². The third kappa shape index (κ3) is 6.97. The largest absolute Gasteiger partial charge is 0.481 e. The Morgan fingerprint density at radius 1 is 1.14 bits per heavy atom. The number of carbonyl (C=O) groups is 3. The number of carboxylic acids is 2. The Hall–Kier alpha value is -1.79. The van der Waals surface area contributed by atoms with Gasteiger partial charge in [0.25, 0.3) is 0 Å². The first-order valence-electron chi connectivity index (χ1n) is 7.40. The highest BCUT2D eigenvalue weighted by atomic mass is 16.4. The molecule has 4 N–H and O–H groups in total. The van der Waals surface area contributed by atoms with Crippen molar-refractivity contribution in [3.63, 3.8) is 0 Å². The molecule has 120 valence electrons. The third-order valence-electron chi connectivity index (χ3n) is 3.84. The summed E-state index contributed by atoms with van der Waals surface area (Å²) in [6, 6.07) is -1.45.